The number of hydrogen-bond donors (Lipinski definition) is 1. The Morgan fingerprint density at radius 3 is 2.45 bits per heavy atom. The molecule has 116 valence electrons. The van der Waals surface area contributed by atoms with E-state index >= 15 is 0 Å². The molecule has 1 N–H and O–H groups in total. The second-order valence-corrected chi connectivity index (χ2v) is 5.87. The summed E-state index contributed by atoms with van der Waals surface area (Å²) >= 11 is 0. The number of piperazine rings is 1. The summed E-state index contributed by atoms with van der Waals surface area (Å²) in [4.78, 5) is 14.7. The average Bonchev–Trinajstić information content (AvgIpc) is 2.55. The average molecular weight is 298 g/mol. The second kappa shape index (κ2) is 6.36. The molecule has 4 heteroatoms. The van der Waals surface area contributed by atoms with Crippen molar-refractivity contribution < 1.29 is 9.53 Å². The van der Waals surface area contributed by atoms with Crippen LogP contribution < -0.4 is 10.1 Å². The SMILES string of the molecule is CC(C)Oc1ccc(C(=O)N2CCNCC2)c2ccccc12. The summed E-state index contributed by atoms with van der Waals surface area (Å²) in [6.07, 6.45) is 0.109. The van der Waals surface area contributed by atoms with Crippen molar-refractivity contribution in [3.8, 4) is 5.75 Å². The van der Waals surface area contributed by atoms with E-state index in [2.05, 4.69) is 5.32 Å². The van der Waals surface area contributed by atoms with Gasteiger partial charge in [0.05, 0.1) is 6.10 Å². The molecule has 1 saturated heterocycles. The standard InChI is InChI=1S/C18H22N2O2/c1-13(2)22-17-8-7-16(14-5-3-4-6-15(14)17)18(21)20-11-9-19-10-12-20/h3-8,13,19H,9-12H2,1-2H3. The topological polar surface area (TPSA) is 41.6 Å². The van der Waals surface area contributed by atoms with Gasteiger partial charge in [-0.3, -0.25) is 4.79 Å². The van der Waals surface area contributed by atoms with Crippen molar-refractivity contribution in [1.82, 2.24) is 10.2 Å². The molecule has 0 spiro atoms. The van der Waals surface area contributed by atoms with Crippen molar-refractivity contribution in [1.29, 1.82) is 0 Å². The summed E-state index contributed by atoms with van der Waals surface area (Å²) in [6, 6.07) is 11.8. The van der Waals surface area contributed by atoms with E-state index in [1.807, 2.05) is 55.1 Å². The Labute approximate surface area is 131 Å². The van der Waals surface area contributed by atoms with E-state index in [1.54, 1.807) is 0 Å². The summed E-state index contributed by atoms with van der Waals surface area (Å²) < 4.78 is 5.87. The Hall–Kier alpha value is -2.07. The smallest absolute Gasteiger partial charge is 0.254 e. The van der Waals surface area contributed by atoms with Crippen LogP contribution >= 0.6 is 0 Å². The van der Waals surface area contributed by atoms with Gasteiger partial charge in [0.25, 0.3) is 5.91 Å². The van der Waals surface area contributed by atoms with E-state index in [9.17, 15) is 4.79 Å². The lowest BCUT2D eigenvalue weighted by Gasteiger charge is -2.28. The molecular formula is C18H22N2O2. The van der Waals surface area contributed by atoms with Gasteiger partial charge in [0.2, 0.25) is 0 Å². The van der Waals surface area contributed by atoms with E-state index in [1.165, 1.54) is 0 Å². The molecule has 1 amide bonds. The summed E-state index contributed by atoms with van der Waals surface area (Å²) in [5.41, 5.74) is 0.758. The minimum absolute atomic E-state index is 0.105. The molecule has 1 fully saturated rings. The molecule has 0 aromatic heterocycles. The van der Waals surface area contributed by atoms with Crippen LogP contribution in [0.4, 0.5) is 0 Å². The van der Waals surface area contributed by atoms with Gasteiger partial charge in [0, 0.05) is 37.1 Å². The van der Waals surface area contributed by atoms with E-state index < -0.39 is 0 Å². The molecule has 0 bridgehead atoms. The van der Waals surface area contributed by atoms with Crippen LogP contribution in [0, 0.1) is 0 Å². The lowest BCUT2D eigenvalue weighted by atomic mass is 10.0. The van der Waals surface area contributed by atoms with Crippen molar-refractivity contribution in [3.05, 3.63) is 42.0 Å². The highest BCUT2D eigenvalue weighted by atomic mass is 16.5. The molecule has 0 unspecified atom stereocenters. The molecule has 3 rings (SSSR count). The van der Waals surface area contributed by atoms with Crippen molar-refractivity contribution >= 4 is 16.7 Å². The zero-order chi connectivity index (χ0) is 15.5. The monoisotopic (exact) mass is 298 g/mol. The van der Waals surface area contributed by atoms with Gasteiger partial charge in [-0.2, -0.15) is 0 Å². The van der Waals surface area contributed by atoms with E-state index in [0.717, 1.165) is 48.3 Å². The maximum atomic E-state index is 12.8. The van der Waals surface area contributed by atoms with Gasteiger partial charge in [-0.05, 0) is 31.4 Å². The van der Waals surface area contributed by atoms with Gasteiger partial charge in [-0.1, -0.05) is 24.3 Å². The predicted octanol–water partition coefficient (Wildman–Crippen LogP) is 2.67. The number of nitrogens with one attached hydrogen (secondary N) is 1. The van der Waals surface area contributed by atoms with E-state index in [-0.39, 0.29) is 12.0 Å². The highest BCUT2D eigenvalue weighted by Gasteiger charge is 2.20. The maximum absolute atomic E-state index is 12.8. The molecular weight excluding hydrogens is 276 g/mol. The van der Waals surface area contributed by atoms with Crippen LogP contribution in [0.5, 0.6) is 5.75 Å². The number of amides is 1. The molecule has 0 aliphatic carbocycles. The quantitative estimate of drug-likeness (QED) is 0.947. The number of rotatable bonds is 3. The molecule has 22 heavy (non-hydrogen) atoms. The molecule has 1 aliphatic rings. The molecule has 4 nitrogen and oxygen atoms in total. The molecule has 2 aromatic carbocycles. The van der Waals surface area contributed by atoms with Gasteiger partial charge in [-0.25, -0.2) is 0 Å². The zero-order valence-electron chi connectivity index (χ0n) is 13.1. The van der Waals surface area contributed by atoms with Crippen molar-refractivity contribution in [2.75, 3.05) is 26.2 Å². The van der Waals surface area contributed by atoms with Crippen LogP contribution in [0.15, 0.2) is 36.4 Å². The van der Waals surface area contributed by atoms with Crippen molar-refractivity contribution in [2.24, 2.45) is 0 Å². The van der Waals surface area contributed by atoms with Crippen LogP contribution in [-0.2, 0) is 0 Å². The lowest BCUT2D eigenvalue weighted by Crippen LogP contribution is -2.46. The Morgan fingerprint density at radius 2 is 1.77 bits per heavy atom. The normalized spacial score (nSPS) is 15.3. The highest BCUT2D eigenvalue weighted by Crippen LogP contribution is 2.30. The summed E-state index contributed by atoms with van der Waals surface area (Å²) in [5.74, 6) is 0.941. The molecule has 0 atom stereocenters. The van der Waals surface area contributed by atoms with Crippen molar-refractivity contribution in [3.63, 3.8) is 0 Å². The van der Waals surface area contributed by atoms with Gasteiger partial charge >= 0.3 is 0 Å². The predicted molar refractivity (Wildman–Crippen MR) is 88.5 cm³/mol. The highest BCUT2D eigenvalue weighted by molar-refractivity contribution is 6.08. The van der Waals surface area contributed by atoms with Crippen LogP contribution in [0.2, 0.25) is 0 Å². The van der Waals surface area contributed by atoms with E-state index in [0.29, 0.717) is 0 Å². The number of benzene rings is 2. The second-order valence-electron chi connectivity index (χ2n) is 5.87. The Bertz CT molecular complexity index is 676. The first-order valence-electron chi connectivity index (χ1n) is 7.85. The Balaban J connectivity index is 2.01. The molecule has 1 heterocycles. The zero-order valence-corrected chi connectivity index (χ0v) is 13.1. The fraction of sp³-hybridized carbons (Fsp3) is 0.389. The Morgan fingerprint density at radius 1 is 1.09 bits per heavy atom. The maximum Gasteiger partial charge on any atom is 0.254 e. The Kier molecular flexibility index (Phi) is 4.29. The number of nitrogens with zero attached hydrogens (tertiary/aromatic N) is 1. The number of hydrogen-bond acceptors (Lipinski definition) is 3. The van der Waals surface area contributed by atoms with Crippen LogP contribution in [0.25, 0.3) is 10.8 Å². The molecule has 1 aliphatic heterocycles. The van der Waals surface area contributed by atoms with Gasteiger partial charge < -0.3 is 15.0 Å². The minimum Gasteiger partial charge on any atom is -0.490 e. The third-order valence-corrected chi connectivity index (χ3v) is 3.88. The summed E-state index contributed by atoms with van der Waals surface area (Å²) in [7, 11) is 0. The first-order valence-corrected chi connectivity index (χ1v) is 7.85. The number of carbonyl (C=O) groups excluding carboxylic acids is 1. The van der Waals surface area contributed by atoms with Crippen LogP contribution in [-0.4, -0.2) is 43.1 Å². The minimum atomic E-state index is 0.105. The summed E-state index contributed by atoms with van der Waals surface area (Å²) in [6.45, 7) is 7.26. The summed E-state index contributed by atoms with van der Waals surface area (Å²) in [5, 5.41) is 5.23. The first kappa shape index (κ1) is 14.9. The number of carbonyl (C=O) groups is 1. The third kappa shape index (κ3) is 2.92. The van der Waals surface area contributed by atoms with Gasteiger partial charge in [-0.15, -0.1) is 0 Å². The van der Waals surface area contributed by atoms with Crippen LogP contribution in [0.3, 0.4) is 0 Å². The van der Waals surface area contributed by atoms with Crippen molar-refractivity contribution in [2.45, 2.75) is 20.0 Å². The fourth-order valence-corrected chi connectivity index (χ4v) is 2.85. The number of fused-ring (bicyclic) bond motifs is 1. The van der Waals surface area contributed by atoms with E-state index in [4.69, 9.17) is 4.74 Å². The third-order valence-electron chi connectivity index (χ3n) is 3.88. The molecule has 0 radical (unpaired) electrons. The first-order chi connectivity index (χ1) is 10.7. The molecule has 0 saturated carbocycles. The lowest BCUT2D eigenvalue weighted by molar-refractivity contribution is 0.0738. The fourth-order valence-electron chi connectivity index (χ4n) is 2.85. The number of ether oxygens (including phenoxy) is 1. The largest absolute Gasteiger partial charge is 0.490 e. The van der Waals surface area contributed by atoms with Crippen LogP contribution in [0.1, 0.15) is 24.2 Å². The van der Waals surface area contributed by atoms with Gasteiger partial charge in [0.1, 0.15) is 5.75 Å². The molecule has 2 aromatic rings. The van der Waals surface area contributed by atoms with Gasteiger partial charge in [0.15, 0.2) is 0 Å².